The fourth-order valence-corrected chi connectivity index (χ4v) is 4.68. The minimum Gasteiger partial charge on any atom is -0.330 e. The van der Waals surface area contributed by atoms with E-state index in [1.165, 1.54) is 28.7 Å². The van der Waals surface area contributed by atoms with Gasteiger partial charge in [0, 0.05) is 5.69 Å². The van der Waals surface area contributed by atoms with E-state index in [1.54, 1.807) is 0 Å². The van der Waals surface area contributed by atoms with Gasteiger partial charge in [0.25, 0.3) is 0 Å². The van der Waals surface area contributed by atoms with Gasteiger partial charge < -0.3 is 10.6 Å². The zero-order valence-electron chi connectivity index (χ0n) is 17.4. The highest BCUT2D eigenvalue weighted by molar-refractivity contribution is 8.01. The number of nitrogens with zero attached hydrogens (tertiary/aromatic N) is 4. The van der Waals surface area contributed by atoms with Gasteiger partial charge in [-0.1, -0.05) is 53.4 Å². The van der Waals surface area contributed by atoms with E-state index in [9.17, 15) is 4.79 Å². The van der Waals surface area contributed by atoms with Gasteiger partial charge in [-0.05, 0) is 50.6 Å². The minimum atomic E-state index is -0.104. The number of thioether (sulfide) groups is 1. The van der Waals surface area contributed by atoms with E-state index in [2.05, 4.69) is 25.9 Å². The number of aromatic nitrogens is 4. The molecule has 7 nitrogen and oxygen atoms in total. The van der Waals surface area contributed by atoms with E-state index in [1.807, 2.05) is 80.1 Å². The molecule has 1 amide bonds. The number of benzene rings is 2. The maximum atomic E-state index is 12.5. The normalized spacial score (nSPS) is 10.8. The van der Waals surface area contributed by atoms with E-state index in [4.69, 9.17) is 0 Å². The molecule has 0 bridgehead atoms. The largest absolute Gasteiger partial charge is 0.330 e. The number of rotatable bonds is 7. The molecule has 0 atom stereocenters. The summed E-state index contributed by atoms with van der Waals surface area (Å²) in [6.45, 7) is 5.88. The Morgan fingerprint density at radius 1 is 1.06 bits per heavy atom. The molecule has 0 aliphatic heterocycles. The molecule has 4 aromatic rings. The molecule has 0 aliphatic carbocycles. The van der Waals surface area contributed by atoms with E-state index in [0.29, 0.717) is 5.13 Å². The molecule has 0 unspecified atom stereocenters. The molecule has 0 radical (unpaired) electrons. The van der Waals surface area contributed by atoms with Gasteiger partial charge in [-0.2, -0.15) is 5.10 Å². The van der Waals surface area contributed by atoms with Crippen LogP contribution in [0.25, 0.3) is 5.69 Å². The number of anilines is 3. The van der Waals surface area contributed by atoms with Crippen LogP contribution in [0.4, 0.5) is 16.5 Å². The highest BCUT2D eigenvalue weighted by Gasteiger charge is 2.16. The first kappa shape index (κ1) is 21.1. The minimum absolute atomic E-state index is 0.104. The highest BCUT2D eigenvalue weighted by Crippen LogP contribution is 2.28. The summed E-state index contributed by atoms with van der Waals surface area (Å²) >= 11 is 2.79. The van der Waals surface area contributed by atoms with Crippen LogP contribution in [0.1, 0.15) is 17.0 Å². The summed E-state index contributed by atoms with van der Waals surface area (Å²) in [4.78, 5) is 12.5. The zero-order chi connectivity index (χ0) is 21.8. The summed E-state index contributed by atoms with van der Waals surface area (Å²) in [6, 6.07) is 17.9. The number of amides is 1. The second-order valence-corrected chi connectivity index (χ2v) is 9.20. The van der Waals surface area contributed by atoms with Crippen LogP contribution in [0.3, 0.4) is 0 Å². The van der Waals surface area contributed by atoms with Crippen molar-refractivity contribution in [2.24, 2.45) is 0 Å². The van der Waals surface area contributed by atoms with Crippen molar-refractivity contribution in [2.75, 3.05) is 16.4 Å². The number of para-hydroxylation sites is 1. The van der Waals surface area contributed by atoms with Crippen LogP contribution in [0.5, 0.6) is 0 Å². The lowest BCUT2D eigenvalue weighted by Gasteiger charge is -2.06. The predicted molar refractivity (Wildman–Crippen MR) is 127 cm³/mol. The monoisotopic (exact) mass is 450 g/mol. The van der Waals surface area contributed by atoms with E-state index >= 15 is 0 Å². The van der Waals surface area contributed by atoms with Crippen molar-refractivity contribution in [1.29, 1.82) is 0 Å². The van der Waals surface area contributed by atoms with Crippen LogP contribution in [-0.2, 0) is 4.79 Å². The van der Waals surface area contributed by atoms with Crippen LogP contribution in [-0.4, -0.2) is 31.6 Å². The standard InChI is InChI=1S/C22H22N6OS2/c1-14-8-7-9-17(12-14)23-21-25-26-22(31-21)30-13-19(29)24-20-15(2)27-28(16(20)3)18-10-5-4-6-11-18/h4-12H,13H2,1-3H3,(H,23,25)(H,24,29). The number of aryl methyl sites for hydroxylation is 2. The molecule has 2 aromatic carbocycles. The third-order valence-electron chi connectivity index (χ3n) is 4.56. The van der Waals surface area contributed by atoms with Gasteiger partial charge in [-0.3, -0.25) is 4.79 Å². The number of carbonyl (C=O) groups is 1. The fourth-order valence-electron chi connectivity index (χ4n) is 3.11. The van der Waals surface area contributed by atoms with Gasteiger partial charge >= 0.3 is 0 Å². The van der Waals surface area contributed by atoms with Gasteiger partial charge in [0.1, 0.15) is 0 Å². The summed E-state index contributed by atoms with van der Waals surface area (Å²) in [6.07, 6.45) is 0. The molecule has 2 aromatic heterocycles. The predicted octanol–water partition coefficient (Wildman–Crippen LogP) is 5.12. The highest BCUT2D eigenvalue weighted by atomic mass is 32.2. The number of carbonyl (C=O) groups excluding carboxylic acids is 1. The van der Waals surface area contributed by atoms with Crippen LogP contribution in [0, 0.1) is 20.8 Å². The summed E-state index contributed by atoms with van der Waals surface area (Å²) in [7, 11) is 0. The number of hydrogen-bond donors (Lipinski definition) is 2. The van der Waals surface area contributed by atoms with Gasteiger partial charge in [0.2, 0.25) is 11.0 Å². The first-order chi connectivity index (χ1) is 15.0. The third-order valence-corrected chi connectivity index (χ3v) is 6.53. The third kappa shape index (κ3) is 5.12. The van der Waals surface area contributed by atoms with E-state index in [0.717, 1.165) is 32.8 Å². The van der Waals surface area contributed by atoms with Crippen LogP contribution >= 0.6 is 23.1 Å². The number of hydrogen-bond acceptors (Lipinski definition) is 7. The van der Waals surface area contributed by atoms with Gasteiger partial charge in [-0.15, -0.1) is 10.2 Å². The molecule has 158 valence electrons. The van der Waals surface area contributed by atoms with Crippen molar-refractivity contribution in [2.45, 2.75) is 25.1 Å². The molecule has 0 fully saturated rings. The Balaban J connectivity index is 1.36. The smallest absolute Gasteiger partial charge is 0.234 e. The molecule has 2 N–H and O–H groups in total. The molecule has 0 spiro atoms. The molecular weight excluding hydrogens is 428 g/mol. The molecule has 4 rings (SSSR count). The fraction of sp³-hybridized carbons (Fsp3) is 0.182. The lowest BCUT2D eigenvalue weighted by atomic mass is 10.2. The van der Waals surface area contributed by atoms with Crippen molar-refractivity contribution in [3.8, 4) is 5.69 Å². The topological polar surface area (TPSA) is 84.7 Å². The number of nitrogens with one attached hydrogen (secondary N) is 2. The maximum absolute atomic E-state index is 12.5. The quantitative estimate of drug-likeness (QED) is 0.380. The Morgan fingerprint density at radius 2 is 1.87 bits per heavy atom. The molecular formula is C22H22N6OS2. The van der Waals surface area contributed by atoms with Crippen LogP contribution < -0.4 is 10.6 Å². The van der Waals surface area contributed by atoms with E-state index < -0.39 is 0 Å². The van der Waals surface area contributed by atoms with Crippen molar-refractivity contribution >= 4 is 45.5 Å². The second kappa shape index (κ2) is 9.32. The molecule has 2 heterocycles. The SMILES string of the molecule is Cc1cccc(Nc2nnc(SCC(=O)Nc3c(C)nn(-c4ccccc4)c3C)s2)c1. The first-order valence-corrected chi connectivity index (χ1v) is 11.5. The summed E-state index contributed by atoms with van der Waals surface area (Å²) in [5, 5.41) is 19.8. The Hall–Kier alpha value is -3.17. The Labute approximate surface area is 188 Å². The lowest BCUT2D eigenvalue weighted by Crippen LogP contribution is -2.15. The van der Waals surface area contributed by atoms with Crippen molar-refractivity contribution in [3.63, 3.8) is 0 Å². The average Bonchev–Trinajstić information content (AvgIpc) is 3.32. The van der Waals surface area contributed by atoms with Crippen molar-refractivity contribution in [1.82, 2.24) is 20.0 Å². The maximum Gasteiger partial charge on any atom is 0.234 e. The van der Waals surface area contributed by atoms with Crippen molar-refractivity contribution < 1.29 is 4.79 Å². The van der Waals surface area contributed by atoms with E-state index in [-0.39, 0.29) is 11.7 Å². The summed E-state index contributed by atoms with van der Waals surface area (Å²) < 4.78 is 2.57. The molecule has 31 heavy (non-hydrogen) atoms. The van der Waals surface area contributed by atoms with Crippen LogP contribution in [0.2, 0.25) is 0 Å². The molecule has 0 saturated heterocycles. The Morgan fingerprint density at radius 3 is 2.65 bits per heavy atom. The second-order valence-electron chi connectivity index (χ2n) is 7.00. The lowest BCUT2D eigenvalue weighted by molar-refractivity contribution is -0.113. The van der Waals surface area contributed by atoms with Crippen LogP contribution in [0.15, 0.2) is 58.9 Å². The first-order valence-electron chi connectivity index (χ1n) is 9.71. The van der Waals surface area contributed by atoms with Gasteiger partial charge in [0.15, 0.2) is 4.34 Å². The molecule has 0 aliphatic rings. The zero-order valence-corrected chi connectivity index (χ0v) is 19.0. The average molecular weight is 451 g/mol. The Bertz CT molecular complexity index is 1200. The molecule has 0 saturated carbocycles. The van der Waals surface area contributed by atoms with Gasteiger partial charge in [0.05, 0.1) is 28.5 Å². The van der Waals surface area contributed by atoms with Gasteiger partial charge in [-0.25, -0.2) is 4.68 Å². The van der Waals surface area contributed by atoms with Crippen molar-refractivity contribution in [3.05, 3.63) is 71.5 Å². The molecule has 9 heteroatoms. The summed E-state index contributed by atoms with van der Waals surface area (Å²) in [5.74, 6) is 0.140. The summed E-state index contributed by atoms with van der Waals surface area (Å²) in [5.41, 5.74) is 5.51. The Kier molecular flexibility index (Phi) is 6.34.